The number of aromatic amines is 1. The van der Waals surface area contributed by atoms with Crippen molar-refractivity contribution in [1.82, 2.24) is 9.97 Å². The van der Waals surface area contributed by atoms with Crippen LogP contribution in [0.5, 0.6) is 0 Å². The molecule has 0 bridgehead atoms. The lowest BCUT2D eigenvalue weighted by atomic mass is 9.92. The first-order chi connectivity index (χ1) is 8.49. The van der Waals surface area contributed by atoms with Gasteiger partial charge in [-0.1, -0.05) is 23.8 Å². The molecule has 0 aliphatic rings. The van der Waals surface area contributed by atoms with E-state index in [1.54, 1.807) is 12.5 Å². The van der Waals surface area contributed by atoms with Gasteiger partial charge in [-0.05, 0) is 38.8 Å². The third-order valence-corrected chi connectivity index (χ3v) is 3.17. The number of aromatic nitrogens is 2. The second-order valence-corrected chi connectivity index (χ2v) is 5.19. The standard InChI is InChI=1S/C15H20N2O/c1-11-5-6-14(12(2)7-11)15(3,4)18-9-13-8-16-10-17-13/h5-8,10H,9H2,1-4H3,(H,16,17). The Bertz CT molecular complexity index is 515. The quantitative estimate of drug-likeness (QED) is 0.894. The highest BCUT2D eigenvalue weighted by molar-refractivity contribution is 5.34. The first kappa shape index (κ1) is 12.8. The highest BCUT2D eigenvalue weighted by atomic mass is 16.5. The Morgan fingerprint density at radius 3 is 2.67 bits per heavy atom. The minimum Gasteiger partial charge on any atom is -0.365 e. The molecule has 1 aromatic heterocycles. The third-order valence-electron chi connectivity index (χ3n) is 3.17. The van der Waals surface area contributed by atoms with Gasteiger partial charge in [0.15, 0.2) is 0 Å². The molecule has 0 atom stereocenters. The topological polar surface area (TPSA) is 37.9 Å². The van der Waals surface area contributed by atoms with Crippen molar-refractivity contribution in [2.24, 2.45) is 0 Å². The highest BCUT2D eigenvalue weighted by Crippen LogP contribution is 2.29. The molecule has 0 aliphatic heterocycles. The van der Waals surface area contributed by atoms with Gasteiger partial charge in [0.05, 0.1) is 30.4 Å². The zero-order valence-electron chi connectivity index (χ0n) is 11.4. The van der Waals surface area contributed by atoms with Gasteiger partial charge in [-0.25, -0.2) is 4.98 Å². The van der Waals surface area contributed by atoms with Gasteiger partial charge >= 0.3 is 0 Å². The van der Waals surface area contributed by atoms with Crippen LogP contribution in [0.25, 0.3) is 0 Å². The zero-order valence-corrected chi connectivity index (χ0v) is 11.4. The van der Waals surface area contributed by atoms with Gasteiger partial charge in [-0.2, -0.15) is 0 Å². The number of H-pyrrole nitrogens is 1. The van der Waals surface area contributed by atoms with E-state index in [2.05, 4.69) is 55.9 Å². The minimum atomic E-state index is -0.303. The summed E-state index contributed by atoms with van der Waals surface area (Å²) in [5.74, 6) is 0. The first-order valence-corrected chi connectivity index (χ1v) is 6.18. The average Bonchev–Trinajstić information content (AvgIpc) is 2.78. The molecule has 0 radical (unpaired) electrons. The molecule has 1 aromatic carbocycles. The van der Waals surface area contributed by atoms with Crippen LogP contribution in [-0.2, 0) is 16.9 Å². The Morgan fingerprint density at radius 1 is 1.28 bits per heavy atom. The SMILES string of the molecule is Cc1ccc(C(C)(C)OCc2cnc[nH]2)c(C)c1. The lowest BCUT2D eigenvalue weighted by Crippen LogP contribution is -2.22. The van der Waals surface area contributed by atoms with Gasteiger partial charge in [0, 0.05) is 0 Å². The molecule has 18 heavy (non-hydrogen) atoms. The van der Waals surface area contributed by atoms with Crippen molar-refractivity contribution in [3.8, 4) is 0 Å². The summed E-state index contributed by atoms with van der Waals surface area (Å²) in [4.78, 5) is 7.04. The molecule has 1 heterocycles. The second kappa shape index (κ2) is 4.94. The Balaban J connectivity index is 2.14. The highest BCUT2D eigenvalue weighted by Gasteiger charge is 2.23. The largest absolute Gasteiger partial charge is 0.365 e. The lowest BCUT2D eigenvalue weighted by Gasteiger charge is -2.27. The van der Waals surface area contributed by atoms with E-state index >= 15 is 0 Å². The number of nitrogens with zero attached hydrogens (tertiary/aromatic N) is 1. The van der Waals surface area contributed by atoms with Crippen LogP contribution in [0.2, 0.25) is 0 Å². The Labute approximate surface area is 108 Å². The molecule has 96 valence electrons. The molecule has 3 heteroatoms. The number of benzene rings is 1. The molecule has 1 N–H and O–H groups in total. The Morgan fingerprint density at radius 2 is 2.06 bits per heavy atom. The van der Waals surface area contributed by atoms with Crippen LogP contribution >= 0.6 is 0 Å². The van der Waals surface area contributed by atoms with Crippen LogP contribution in [-0.4, -0.2) is 9.97 Å². The van der Waals surface area contributed by atoms with Crippen molar-refractivity contribution in [2.75, 3.05) is 0 Å². The summed E-state index contributed by atoms with van der Waals surface area (Å²) in [5, 5.41) is 0. The second-order valence-electron chi connectivity index (χ2n) is 5.19. The Hall–Kier alpha value is -1.61. The molecule has 0 saturated carbocycles. The van der Waals surface area contributed by atoms with E-state index in [1.807, 2.05) is 0 Å². The van der Waals surface area contributed by atoms with Gasteiger partial charge in [-0.15, -0.1) is 0 Å². The van der Waals surface area contributed by atoms with Gasteiger partial charge in [0.1, 0.15) is 0 Å². The molecule has 0 aliphatic carbocycles. The molecule has 2 rings (SSSR count). The van der Waals surface area contributed by atoms with Crippen LogP contribution in [0.1, 0.15) is 36.2 Å². The van der Waals surface area contributed by atoms with E-state index in [0.29, 0.717) is 6.61 Å². The predicted octanol–water partition coefficient (Wildman–Crippen LogP) is 3.48. The van der Waals surface area contributed by atoms with Crippen molar-refractivity contribution in [3.63, 3.8) is 0 Å². The van der Waals surface area contributed by atoms with Crippen molar-refractivity contribution >= 4 is 0 Å². The molecule has 0 saturated heterocycles. The normalized spacial score (nSPS) is 11.8. The number of ether oxygens (including phenoxy) is 1. The summed E-state index contributed by atoms with van der Waals surface area (Å²) in [7, 11) is 0. The van der Waals surface area contributed by atoms with E-state index < -0.39 is 0 Å². The lowest BCUT2D eigenvalue weighted by molar-refractivity contribution is -0.0354. The molecule has 0 unspecified atom stereocenters. The molecule has 0 spiro atoms. The van der Waals surface area contributed by atoms with Crippen molar-refractivity contribution < 1.29 is 4.74 Å². The summed E-state index contributed by atoms with van der Waals surface area (Å²) in [6.07, 6.45) is 3.46. The maximum atomic E-state index is 6.01. The summed E-state index contributed by atoms with van der Waals surface area (Å²) in [6.45, 7) is 8.97. The summed E-state index contributed by atoms with van der Waals surface area (Å²) in [5.41, 5.74) is 4.47. The first-order valence-electron chi connectivity index (χ1n) is 6.18. The van der Waals surface area contributed by atoms with E-state index in [0.717, 1.165) is 5.69 Å². The van der Waals surface area contributed by atoms with Crippen LogP contribution in [0.15, 0.2) is 30.7 Å². The fourth-order valence-electron chi connectivity index (χ4n) is 2.19. The number of nitrogens with one attached hydrogen (secondary N) is 1. The van der Waals surface area contributed by atoms with Gasteiger partial charge in [-0.3, -0.25) is 0 Å². The van der Waals surface area contributed by atoms with Crippen molar-refractivity contribution in [3.05, 3.63) is 53.1 Å². The summed E-state index contributed by atoms with van der Waals surface area (Å²) >= 11 is 0. The van der Waals surface area contributed by atoms with Gasteiger partial charge < -0.3 is 9.72 Å². The minimum absolute atomic E-state index is 0.303. The van der Waals surface area contributed by atoms with Crippen molar-refractivity contribution in [1.29, 1.82) is 0 Å². The molecule has 0 fully saturated rings. The fourth-order valence-corrected chi connectivity index (χ4v) is 2.19. The molecule has 2 aromatic rings. The van der Waals surface area contributed by atoms with Crippen molar-refractivity contribution in [2.45, 2.75) is 39.9 Å². The molecular formula is C15H20N2O. The summed E-state index contributed by atoms with van der Waals surface area (Å²) in [6, 6.07) is 6.47. The third kappa shape index (κ3) is 2.79. The smallest absolute Gasteiger partial charge is 0.0922 e. The zero-order chi connectivity index (χ0) is 13.2. The monoisotopic (exact) mass is 244 g/mol. The number of aryl methyl sites for hydroxylation is 2. The van der Waals surface area contributed by atoms with E-state index in [-0.39, 0.29) is 5.60 Å². The van der Waals surface area contributed by atoms with E-state index in [9.17, 15) is 0 Å². The average molecular weight is 244 g/mol. The van der Waals surface area contributed by atoms with E-state index in [4.69, 9.17) is 4.74 Å². The predicted molar refractivity (Wildman–Crippen MR) is 72.3 cm³/mol. The molecule has 3 nitrogen and oxygen atoms in total. The van der Waals surface area contributed by atoms with Crippen LogP contribution in [0.4, 0.5) is 0 Å². The summed E-state index contributed by atoms with van der Waals surface area (Å²) < 4.78 is 6.01. The molecule has 0 amide bonds. The Kier molecular flexibility index (Phi) is 3.53. The number of imidazole rings is 1. The van der Waals surface area contributed by atoms with Crippen LogP contribution < -0.4 is 0 Å². The fraction of sp³-hybridized carbons (Fsp3) is 0.400. The number of rotatable bonds is 4. The number of hydrogen-bond acceptors (Lipinski definition) is 2. The van der Waals surface area contributed by atoms with Crippen LogP contribution in [0.3, 0.4) is 0 Å². The van der Waals surface area contributed by atoms with E-state index in [1.165, 1.54) is 16.7 Å². The van der Waals surface area contributed by atoms with Crippen LogP contribution in [0, 0.1) is 13.8 Å². The maximum Gasteiger partial charge on any atom is 0.0922 e. The van der Waals surface area contributed by atoms with Gasteiger partial charge in [0.2, 0.25) is 0 Å². The van der Waals surface area contributed by atoms with Gasteiger partial charge in [0.25, 0.3) is 0 Å². The number of hydrogen-bond donors (Lipinski definition) is 1. The molecular weight excluding hydrogens is 224 g/mol. The maximum absolute atomic E-state index is 6.01.